The van der Waals surface area contributed by atoms with Crippen LogP contribution in [0.5, 0.6) is 0 Å². The zero-order valence-electron chi connectivity index (χ0n) is 16.6. The third-order valence-electron chi connectivity index (χ3n) is 5.18. The number of rotatable bonds is 7. The fourth-order valence-corrected chi connectivity index (χ4v) is 3.39. The molecule has 1 aliphatic carbocycles. The minimum atomic E-state index is -0.975. The number of carbonyl (C=O) groups excluding carboxylic acids is 2. The van der Waals surface area contributed by atoms with E-state index in [1.165, 1.54) is 0 Å². The van der Waals surface area contributed by atoms with Crippen molar-refractivity contribution < 1.29 is 18.7 Å². The molecule has 2 aromatic heterocycles. The van der Waals surface area contributed by atoms with Crippen molar-refractivity contribution in [3.8, 4) is 0 Å². The van der Waals surface area contributed by atoms with Crippen molar-refractivity contribution >= 4 is 11.9 Å². The molecule has 1 saturated carbocycles. The van der Waals surface area contributed by atoms with E-state index >= 15 is 0 Å². The Kier molecular flexibility index (Phi) is 5.25. The number of hydrogen-bond acceptors (Lipinski definition) is 4. The van der Waals surface area contributed by atoms with Crippen LogP contribution in [0.3, 0.4) is 0 Å². The number of ether oxygens (including phenoxy) is 1. The molecule has 1 aromatic carbocycles. The normalized spacial score (nSPS) is 14.4. The van der Waals surface area contributed by atoms with Crippen LogP contribution in [-0.4, -0.2) is 22.5 Å². The molecule has 1 amide bonds. The van der Waals surface area contributed by atoms with Crippen LogP contribution >= 0.6 is 0 Å². The van der Waals surface area contributed by atoms with Gasteiger partial charge in [-0.05, 0) is 44.9 Å². The molecule has 0 aliphatic heterocycles. The molecule has 2 heterocycles. The summed E-state index contributed by atoms with van der Waals surface area (Å²) in [6.45, 7) is 4.33. The van der Waals surface area contributed by atoms with Crippen LogP contribution in [0.15, 0.2) is 59.2 Å². The molecule has 0 saturated heterocycles. The van der Waals surface area contributed by atoms with E-state index < -0.39 is 12.1 Å². The molecule has 6 heteroatoms. The van der Waals surface area contributed by atoms with Gasteiger partial charge in [-0.3, -0.25) is 4.79 Å². The highest BCUT2D eigenvalue weighted by atomic mass is 16.5. The van der Waals surface area contributed by atoms with E-state index in [-0.39, 0.29) is 11.9 Å². The third-order valence-corrected chi connectivity index (χ3v) is 5.18. The number of aromatic nitrogens is 1. The predicted molar refractivity (Wildman–Crippen MR) is 107 cm³/mol. The fraction of sp³-hybridized carbons (Fsp3) is 0.304. The van der Waals surface area contributed by atoms with E-state index in [9.17, 15) is 9.59 Å². The summed E-state index contributed by atoms with van der Waals surface area (Å²) in [5, 5.41) is 2.94. The van der Waals surface area contributed by atoms with Crippen molar-refractivity contribution in [2.45, 2.75) is 45.4 Å². The van der Waals surface area contributed by atoms with E-state index in [1.807, 2.05) is 48.7 Å². The number of aryl methyl sites for hydroxylation is 1. The zero-order valence-corrected chi connectivity index (χ0v) is 16.6. The number of esters is 1. The predicted octanol–water partition coefficient (Wildman–Crippen LogP) is 3.92. The van der Waals surface area contributed by atoms with E-state index in [0.717, 1.165) is 30.0 Å². The Labute approximate surface area is 169 Å². The van der Waals surface area contributed by atoms with Gasteiger partial charge in [0.1, 0.15) is 5.76 Å². The number of hydrogen-bond donors (Lipinski definition) is 1. The van der Waals surface area contributed by atoms with Crippen molar-refractivity contribution in [2.24, 2.45) is 0 Å². The Balaban J connectivity index is 1.56. The van der Waals surface area contributed by atoms with Gasteiger partial charge in [0.15, 0.2) is 0 Å². The number of amides is 1. The molecular formula is C23H24N2O4. The van der Waals surface area contributed by atoms with Gasteiger partial charge in [0.25, 0.3) is 5.91 Å². The van der Waals surface area contributed by atoms with Gasteiger partial charge in [0.2, 0.25) is 6.10 Å². The highest BCUT2D eigenvalue weighted by Gasteiger charge is 2.31. The largest absolute Gasteiger partial charge is 0.467 e. The molecule has 0 spiro atoms. The monoisotopic (exact) mass is 392 g/mol. The molecule has 0 bridgehead atoms. The van der Waals surface area contributed by atoms with Crippen molar-refractivity contribution in [2.75, 3.05) is 0 Å². The van der Waals surface area contributed by atoms with Crippen LogP contribution in [0.1, 0.15) is 52.0 Å². The van der Waals surface area contributed by atoms with Gasteiger partial charge in [-0.25, -0.2) is 4.79 Å². The number of nitrogens with zero attached hydrogens (tertiary/aromatic N) is 1. The summed E-state index contributed by atoms with van der Waals surface area (Å²) in [6, 6.07) is 14.8. The molecule has 1 N–H and O–H groups in total. The first-order chi connectivity index (χ1) is 14.0. The molecule has 6 nitrogen and oxygen atoms in total. The summed E-state index contributed by atoms with van der Waals surface area (Å²) in [5.41, 5.74) is 2.81. The highest BCUT2D eigenvalue weighted by molar-refractivity contribution is 5.94. The van der Waals surface area contributed by atoms with E-state index in [2.05, 4.69) is 5.32 Å². The minimum absolute atomic E-state index is 0.186. The van der Waals surface area contributed by atoms with Gasteiger partial charge >= 0.3 is 5.97 Å². The Morgan fingerprint density at radius 3 is 2.59 bits per heavy atom. The maximum atomic E-state index is 13.0. The standard InChI is InChI=1S/C23H24N2O4/c1-15-13-20(16(2)25(15)14-19-9-6-12-28-19)23(27)29-21(17-7-4-3-5-8-17)22(26)24-18-10-11-18/h3-9,12-13,18,21H,10-11,14H2,1-2H3,(H,24,26)/t21-/m1/s1. The van der Waals surface area contributed by atoms with Crippen molar-refractivity contribution in [1.29, 1.82) is 0 Å². The Morgan fingerprint density at radius 1 is 1.17 bits per heavy atom. The summed E-state index contributed by atoms with van der Waals surface area (Å²) in [7, 11) is 0. The van der Waals surface area contributed by atoms with Crippen LogP contribution in [0.2, 0.25) is 0 Å². The first-order valence-electron chi connectivity index (χ1n) is 9.78. The average Bonchev–Trinajstić information content (AvgIpc) is 3.29. The molecule has 4 rings (SSSR count). The summed E-state index contributed by atoms with van der Waals surface area (Å²) in [6.07, 6.45) is 2.59. The summed E-state index contributed by atoms with van der Waals surface area (Å²) in [5.74, 6) is 0.0118. The van der Waals surface area contributed by atoms with E-state index in [0.29, 0.717) is 17.7 Å². The third kappa shape index (κ3) is 4.26. The summed E-state index contributed by atoms with van der Waals surface area (Å²) >= 11 is 0. The summed E-state index contributed by atoms with van der Waals surface area (Å²) < 4.78 is 13.1. The molecular weight excluding hydrogens is 368 g/mol. The average molecular weight is 392 g/mol. The molecule has 0 unspecified atom stereocenters. The van der Waals surface area contributed by atoms with Gasteiger partial charge in [0, 0.05) is 23.0 Å². The first-order valence-corrected chi connectivity index (χ1v) is 9.78. The smallest absolute Gasteiger partial charge is 0.341 e. The quantitative estimate of drug-likeness (QED) is 0.619. The molecule has 1 atom stereocenters. The van der Waals surface area contributed by atoms with E-state index in [1.54, 1.807) is 24.5 Å². The lowest BCUT2D eigenvalue weighted by molar-refractivity contribution is -0.130. The molecule has 3 aromatic rings. The van der Waals surface area contributed by atoms with Gasteiger partial charge in [0.05, 0.1) is 18.4 Å². The summed E-state index contributed by atoms with van der Waals surface area (Å²) in [4.78, 5) is 25.7. The van der Waals surface area contributed by atoms with Gasteiger partial charge in [-0.1, -0.05) is 30.3 Å². The fourth-order valence-electron chi connectivity index (χ4n) is 3.39. The number of benzene rings is 1. The van der Waals surface area contributed by atoms with Gasteiger partial charge in [-0.15, -0.1) is 0 Å². The van der Waals surface area contributed by atoms with Crippen molar-refractivity contribution in [3.63, 3.8) is 0 Å². The Bertz CT molecular complexity index is 1000. The number of carbonyl (C=O) groups is 2. The number of nitrogens with one attached hydrogen (secondary N) is 1. The Hall–Kier alpha value is -3.28. The van der Waals surface area contributed by atoms with Crippen molar-refractivity contribution in [1.82, 2.24) is 9.88 Å². The maximum Gasteiger partial charge on any atom is 0.341 e. The molecule has 1 aliphatic rings. The lowest BCUT2D eigenvalue weighted by atomic mass is 10.1. The molecule has 29 heavy (non-hydrogen) atoms. The number of furan rings is 1. The van der Waals surface area contributed by atoms with Crippen LogP contribution in [-0.2, 0) is 16.1 Å². The second-order valence-corrected chi connectivity index (χ2v) is 7.43. The second-order valence-electron chi connectivity index (χ2n) is 7.43. The lowest BCUT2D eigenvalue weighted by Gasteiger charge is -2.18. The lowest BCUT2D eigenvalue weighted by Crippen LogP contribution is -2.33. The van der Waals surface area contributed by atoms with E-state index in [4.69, 9.17) is 9.15 Å². The highest BCUT2D eigenvalue weighted by Crippen LogP contribution is 2.25. The van der Waals surface area contributed by atoms with Gasteiger partial charge in [-0.2, -0.15) is 0 Å². The first kappa shape index (κ1) is 19.1. The van der Waals surface area contributed by atoms with Crippen LogP contribution in [0.4, 0.5) is 0 Å². The minimum Gasteiger partial charge on any atom is -0.467 e. The van der Waals surface area contributed by atoms with Gasteiger partial charge < -0.3 is 19.0 Å². The van der Waals surface area contributed by atoms with Crippen LogP contribution < -0.4 is 5.32 Å². The van der Waals surface area contributed by atoms with Crippen LogP contribution in [0.25, 0.3) is 0 Å². The molecule has 1 fully saturated rings. The topological polar surface area (TPSA) is 73.5 Å². The van der Waals surface area contributed by atoms with Crippen molar-refractivity contribution in [3.05, 3.63) is 83.1 Å². The molecule has 150 valence electrons. The second kappa shape index (κ2) is 7.99. The zero-order chi connectivity index (χ0) is 20.4. The SMILES string of the molecule is Cc1cc(C(=O)O[C@@H](C(=O)NC2CC2)c2ccccc2)c(C)n1Cc1ccco1. The molecule has 0 radical (unpaired) electrons. The Morgan fingerprint density at radius 2 is 1.93 bits per heavy atom. The van der Waals surface area contributed by atoms with Crippen LogP contribution in [0, 0.1) is 13.8 Å². The maximum absolute atomic E-state index is 13.0.